The average Bonchev–Trinajstić information content (AvgIpc) is 2.49. The highest BCUT2D eigenvalue weighted by atomic mass is 16.5. The Bertz CT molecular complexity index is 643. The van der Waals surface area contributed by atoms with Crippen molar-refractivity contribution in [2.24, 2.45) is 0 Å². The third-order valence-corrected chi connectivity index (χ3v) is 3.26. The van der Waals surface area contributed by atoms with Crippen LogP contribution in [0.15, 0.2) is 30.5 Å². The summed E-state index contributed by atoms with van der Waals surface area (Å²) in [5.41, 5.74) is 2.21. The maximum absolute atomic E-state index is 12.4. The Morgan fingerprint density at radius 1 is 1.14 bits per heavy atom. The SMILES string of the molecule is COc1cc(C(=O)Nc2ncccc2C)cc(OC)c1C. The minimum atomic E-state index is -0.256. The van der Waals surface area contributed by atoms with Crippen molar-refractivity contribution >= 4 is 11.7 Å². The van der Waals surface area contributed by atoms with E-state index in [1.807, 2.05) is 26.0 Å². The molecule has 0 fully saturated rings. The lowest BCUT2D eigenvalue weighted by Gasteiger charge is -2.13. The zero-order chi connectivity index (χ0) is 15.4. The lowest BCUT2D eigenvalue weighted by molar-refractivity contribution is 0.102. The van der Waals surface area contributed by atoms with Crippen molar-refractivity contribution in [3.8, 4) is 11.5 Å². The first-order chi connectivity index (χ1) is 10.1. The lowest BCUT2D eigenvalue weighted by atomic mass is 10.1. The number of nitrogens with zero attached hydrogens (tertiary/aromatic N) is 1. The fourth-order valence-electron chi connectivity index (χ4n) is 2.01. The molecule has 1 N–H and O–H groups in total. The van der Waals surface area contributed by atoms with E-state index in [1.165, 1.54) is 0 Å². The molecule has 0 aliphatic carbocycles. The molecular weight excluding hydrogens is 268 g/mol. The van der Waals surface area contributed by atoms with Crippen LogP contribution in [-0.4, -0.2) is 25.1 Å². The second kappa shape index (κ2) is 6.26. The maximum atomic E-state index is 12.4. The molecule has 1 aromatic carbocycles. The van der Waals surface area contributed by atoms with Gasteiger partial charge in [-0.25, -0.2) is 4.98 Å². The molecule has 110 valence electrons. The summed E-state index contributed by atoms with van der Waals surface area (Å²) in [7, 11) is 3.12. The molecule has 0 aliphatic heterocycles. The van der Waals surface area contributed by atoms with Crippen LogP contribution in [0.2, 0.25) is 0 Å². The van der Waals surface area contributed by atoms with Crippen LogP contribution in [0.5, 0.6) is 11.5 Å². The first-order valence-corrected chi connectivity index (χ1v) is 6.52. The molecule has 21 heavy (non-hydrogen) atoms. The zero-order valence-electron chi connectivity index (χ0n) is 12.6. The Balaban J connectivity index is 2.33. The number of carbonyl (C=O) groups excluding carboxylic acids is 1. The number of aromatic nitrogens is 1. The van der Waals surface area contributed by atoms with Crippen molar-refractivity contribution in [3.05, 3.63) is 47.2 Å². The molecular formula is C16H18N2O3. The largest absolute Gasteiger partial charge is 0.496 e. The normalized spacial score (nSPS) is 10.1. The molecule has 0 aliphatic rings. The number of hydrogen-bond acceptors (Lipinski definition) is 4. The van der Waals surface area contributed by atoms with E-state index in [-0.39, 0.29) is 5.91 Å². The van der Waals surface area contributed by atoms with E-state index in [0.717, 1.165) is 11.1 Å². The standard InChI is InChI=1S/C16H18N2O3/c1-10-6-5-7-17-15(10)18-16(19)12-8-13(20-3)11(2)14(9-12)21-4/h5-9H,1-4H3,(H,17,18,19). The van der Waals surface area contributed by atoms with Gasteiger partial charge in [0.15, 0.2) is 0 Å². The predicted octanol–water partition coefficient (Wildman–Crippen LogP) is 2.97. The predicted molar refractivity (Wildman–Crippen MR) is 81.2 cm³/mol. The van der Waals surface area contributed by atoms with Gasteiger partial charge >= 0.3 is 0 Å². The molecule has 0 unspecified atom stereocenters. The van der Waals surface area contributed by atoms with Crippen molar-refractivity contribution in [2.45, 2.75) is 13.8 Å². The van der Waals surface area contributed by atoms with Gasteiger partial charge < -0.3 is 14.8 Å². The molecule has 2 rings (SSSR count). The Labute approximate surface area is 123 Å². The molecule has 1 amide bonds. The summed E-state index contributed by atoms with van der Waals surface area (Å²) in [6.07, 6.45) is 1.64. The van der Waals surface area contributed by atoms with Crippen LogP contribution in [0, 0.1) is 13.8 Å². The molecule has 2 aromatic rings. The van der Waals surface area contributed by atoms with Crippen molar-refractivity contribution in [2.75, 3.05) is 19.5 Å². The number of nitrogens with one attached hydrogen (secondary N) is 1. The van der Waals surface area contributed by atoms with E-state index in [4.69, 9.17) is 9.47 Å². The van der Waals surface area contributed by atoms with Crippen LogP contribution >= 0.6 is 0 Å². The van der Waals surface area contributed by atoms with E-state index < -0.39 is 0 Å². The quantitative estimate of drug-likeness (QED) is 0.938. The van der Waals surface area contributed by atoms with Gasteiger partial charge in [-0.15, -0.1) is 0 Å². The molecule has 0 saturated heterocycles. The molecule has 0 atom stereocenters. The summed E-state index contributed by atoms with van der Waals surface area (Å²) in [5.74, 6) is 1.50. The van der Waals surface area contributed by atoms with Crippen LogP contribution in [0.25, 0.3) is 0 Å². The third kappa shape index (κ3) is 3.13. The highest BCUT2D eigenvalue weighted by molar-refractivity contribution is 6.04. The van der Waals surface area contributed by atoms with Crippen molar-refractivity contribution in [1.82, 2.24) is 4.98 Å². The summed E-state index contributed by atoms with van der Waals surface area (Å²) in [5, 5.41) is 2.79. The number of pyridine rings is 1. The van der Waals surface area contributed by atoms with Crippen molar-refractivity contribution in [3.63, 3.8) is 0 Å². The number of anilines is 1. The monoisotopic (exact) mass is 286 g/mol. The smallest absolute Gasteiger partial charge is 0.257 e. The van der Waals surface area contributed by atoms with Crippen LogP contribution in [0.1, 0.15) is 21.5 Å². The minimum Gasteiger partial charge on any atom is -0.496 e. The maximum Gasteiger partial charge on any atom is 0.257 e. The molecule has 0 radical (unpaired) electrons. The van der Waals surface area contributed by atoms with E-state index >= 15 is 0 Å². The number of hydrogen-bond donors (Lipinski definition) is 1. The molecule has 1 aromatic heterocycles. The number of rotatable bonds is 4. The van der Waals surface area contributed by atoms with Gasteiger partial charge in [0.25, 0.3) is 5.91 Å². The molecule has 1 heterocycles. The van der Waals surface area contributed by atoms with Gasteiger partial charge in [-0.1, -0.05) is 6.07 Å². The molecule has 0 saturated carbocycles. The number of ether oxygens (including phenoxy) is 2. The van der Waals surface area contributed by atoms with Gasteiger partial charge in [0.1, 0.15) is 17.3 Å². The van der Waals surface area contributed by atoms with Crippen molar-refractivity contribution < 1.29 is 14.3 Å². The number of carbonyl (C=O) groups is 1. The number of aryl methyl sites for hydroxylation is 1. The fourth-order valence-corrected chi connectivity index (χ4v) is 2.01. The van der Waals surface area contributed by atoms with Gasteiger partial charge in [0.2, 0.25) is 0 Å². The first-order valence-electron chi connectivity index (χ1n) is 6.52. The highest BCUT2D eigenvalue weighted by Crippen LogP contribution is 2.29. The fraction of sp³-hybridized carbons (Fsp3) is 0.250. The van der Waals surface area contributed by atoms with E-state index in [1.54, 1.807) is 32.5 Å². The van der Waals surface area contributed by atoms with Gasteiger partial charge in [0.05, 0.1) is 14.2 Å². The van der Waals surface area contributed by atoms with Gasteiger partial charge in [-0.2, -0.15) is 0 Å². The van der Waals surface area contributed by atoms with Crippen LogP contribution in [0.3, 0.4) is 0 Å². The number of methoxy groups -OCH3 is 2. The summed E-state index contributed by atoms with van der Waals surface area (Å²) in [4.78, 5) is 16.5. The Hall–Kier alpha value is -2.56. The summed E-state index contributed by atoms with van der Waals surface area (Å²) in [6.45, 7) is 3.77. The topological polar surface area (TPSA) is 60.5 Å². The molecule has 5 heteroatoms. The molecule has 5 nitrogen and oxygen atoms in total. The van der Waals surface area contributed by atoms with E-state index in [9.17, 15) is 4.79 Å². The van der Waals surface area contributed by atoms with Crippen LogP contribution in [-0.2, 0) is 0 Å². The third-order valence-electron chi connectivity index (χ3n) is 3.26. The van der Waals surface area contributed by atoms with E-state index in [0.29, 0.717) is 22.9 Å². The van der Waals surface area contributed by atoms with Gasteiger partial charge in [-0.05, 0) is 37.6 Å². The lowest BCUT2D eigenvalue weighted by Crippen LogP contribution is -2.14. The van der Waals surface area contributed by atoms with E-state index in [2.05, 4.69) is 10.3 Å². The summed E-state index contributed by atoms with van der Waals surface area (Å²) < 4.78 is 10.6. The minimum absolute atomic E-state index is 0.256. The molecule has 0 bridgehead atoms. The average molecular weight is 286 g/mol. The Morgan fingerprint density at radius 2 is 1.76 bits per heavy atom. The Morgan fingerprint density at radius 3 is 2.29 bits per heavy atom. The zero-order valence-corrected chi connectivity index (χ0v) is 12.6. The number of benzene rings is 1. The molecule has 0 spiro atoms. The summed E-state index contributed by atoms with van der Waals surface area (Å²) >= 11 is 0. The van der Waals surface area contributed by atoms with Gasteiger partial charge in [0, 0.05) is 17.3 Å². The summed E-state index contributed by atoms with van der Waals surface area (Å²) in [6, 6.07) is 7.08. The van der Waals surface area contributed by atoms with Gasteiger partial charge in [-0.3, -0.25) is 4.79 Å². The first kappa shape index (κ1) is 14.8. The number of amides is 1. The second-order valence-corrected chi connectivity index (χ2v) is 4.63. The second-order valence-electron chi connectivity index (χ2n) is 4.63. The van der Waals surface area contributed by atoms with Crippen LogP contribution in [0.4, 0.5) is 5.82 Å². The Kier molecular flexibility index (Phi) is 4.42. The highest BCUT2D eigenvalue weighted by Gasteiger charge is 2.14. The van der Waals surface area contributed by atoms with Crippen molar-refractivity contribution in [1.29, 1.82) is 0 Å². The van der Waals surface area contributed by atoms with Crippen LogP contribution < -0.4 is 14.8 Å².